The van der Waals surface area contributed by atoms with E-state index in [2.05, 4.69) is 6.92 Å². The molecule has 2 nitrogen and oxygen atoms in total. The van der Waals surface area contributed by atoms with Crippen LogP contribution in [0.15, 0.2) is 0 Å². The average Bonchev–Trinajstić information content (AvgIpc) is 2.16. The summed E-state index contributed by atoms with van der Waals surface area (Å²) < 4.78 is 13.0. The number of halogens is 1. The number of rotatable bonds is 6. The zero-order chi connectivity index (χ0) is 12.0. The van der Waals surface area contributed by atoms with E-state index in [1.165, 1.54) is 25.7 Å². The third-order valence-corrected chi connectivity index (χ3v) is 8.25. The molecule has 0 aromatic carbocycles. The fraction of sp³-hybridized carbons (Fsp3) is 1.00. The van der Waals surface area contributed by atoms with Crippen molar-refractivity contribution in [2.45, 2.75) is 74.8 Å². The van der Waals surface area contributed by atoms with E-state index in [9.17, 15) is 0 Å². The van der Waals surface area contributed by atoms with Crippen LogP contribution in [0.3, 0.4) is 0 Å². The van der Waals surface area contributed by atoms with Crippen molar-refractivity contribution in [1.29, 1.82) is 0 Å². The summed E-state index contributed by atoms with van der Waals surface area (Å²) in [6, 6.07) is 0. The molecule has 0 aromatic heterocycles. The van der Waals surface area contributed by atoms with Gasteiger partial charge in [-0.05, 0) is 0 Å². The second-order valence-corrected chi connectivity index (χ2v) is 12.1. The van der Waals surface area contributed by atoms with E-state index < -0.39 is 29.1 Å². The molecule has 1 rings (SSSR count). The Balaban J connectivity index is 2.38. The first kappa shape index (κ1) is 15.2. The van der Waals surface area contributed by atoms with E-state index in [-0.39, 0.29) is 0 Å². The van der Waals surface area contributed by atoms with Crippen LogP contribution in [0.1, 0.15) is 52.9 Å². The Hall–Kier alpha value is 1.15. The van der Waals surface area contributed by atoms with Crippen molar-refractivity contribution in [3.8, 4) is 0 Å². The van der Waals surface area contributed by atoms with E-state index in [4.69, 9.17) is 17.7 Å². The minimum atomic E-state index is -1.10. The van der Waals surface area contributed by atoms with Crippen LogP contribution in [-0.4, -0.2) is 18.0 Å². The first-order chi connectivity index (χ1) is 7.57. The summed E-state index contributed by atoms with van der Waals surface area (Å²) in [5, 5.41) is 0. The molecule has 1 saturated heterocycles. The number of hydrogen-bond donors (Lipinski definition) is 0. The van der Waals surface area contributed by atoms with Gasteiger partial charge in [-0.1, -0.05) is 0 Å². The maximum atomic E-state index is 6.00. The fourth-order valence-corrected chi connectivity index (χ4v) is 6.77. The molecule has 0 aliphatic carbocycles. The average molecular weight is 435 g/mol. The molecule has 1 fully saturated rings. The van der Waals surface area contributed by atoms with Crippen molar-refractivity contribution in [2.75, 3.05) is 0 Å². The van der Waals surface area contributed by atoms with Gasteiger partial charge in [0.25, 0.3) is 0 Å². The quantitative estimate of drug-likeness (QED) is 0.462. The van der Waals surface area contributed by atoms with E-state index in [1.807, 2.05) is 13.8 Å². The van der Waals surface area contributed by atoms with Gasteiger partial charge in [0.2, 0.25) is 0 Å². The van der Waals surface area contributed by atoms with Crippen molar-refractivity contribution in [1.82, 2.24) is 0 Å². The Bertz CT molecular complexity index is 199. The molecule has 0 aromatic rings. The van der Waals surface area contributed by atoms with E-state index in [1.54, 1.807) is 0 Å². The summed E-state index contributed by atoms with van der Waals surface area (Å²) in [4.78, 5) is 0. The van der Waals surface area contributed by atoms with Crippen LogP contribution in [0.4, 0.5) is 0 Å². The molecular weight excluding hydrogens is 412 g/mol. The van der Waals surface area contributed by atoms with Gasteiger partial charge < -0.3 is 0 Å². The molecule has 16 heavy (non-hydrogen) atoms. The molecule has 0 spiro atoms. The van der Waals surface area contributed by atoms with Crippen LogP contribution in [-0.2, 0) is 32.8 Å². The van der Waals surface area contributed by atoms with Crippen LogP contribution in [0.25, 0.3) is 0 Å². The summed E-state index contributed by atoms with van der Waals surface area (Å²) in [5.74, 6) is -0.403. The van der Waals surface area contributed by atoms with Crippen molar-refractivity contribution >= 4 is 8.25 Å². The van der Waals surface area contributed by atoms with Crippen LogP contribution in [0.5, 0.6) is 0 Å². The zero-order valence-corrected chi connectivity index (χ0v) is 17.1. The molecule has 1 heterocycles. The topological polar surface area (TPSA) is 18.5 Å². The maximum absolute atomic E-state index is 6.00. The van der Waals surface area contributed by atoms with Gasteiger partial charge in [0.05, 0.1) is 0 Å². The standard InChI is InChI=1S/C12H23O2.ClH.Hg/c1-5-6-7-8-11-9-10(2)13-12(3,4)14-11;;/h10-11H,2,5-9H2,1,3-4H3;1H;/q;;+1/p-1/t10-,11+;;/m0../s1. The molecular formula is C12H23ClHgO2. The molecule has 0 unspecified atom stereocenters. The predicted molar refractivity (Wildman–Crippen MR) is 63.2 cm³/mol. The number of hydrogen-bond acceptors (Lipinski definition) is 2. The van der Waals surface area contributed by atoms with Gasteiger partial charge in [-0.3, -0.25) is 0 Å². The molecule has 0 bridgehead atoms. The molecule has 0 amide bonds. The van der Waals surface area contributed by atoms with Gasteiger partial charge in [0.15, 0.2) is 0 Å². The van der Waals surface area contributed by atoms with Gasteiger partial charge in [-0.15, -0.1) is 0 Å². The molecule has 0 radical (unpaired) electrons. The second-order valence-electron chi connectivity index (χ2n) is 5.09. The third kappa shape index (κ3) is 5.66. The first-order valence-electron chi connectivity index (χ1n) is 6.49. The zero-order valence-electron chi connectivity index (χ0n) is 10.8. The summed E-state index contributed by atoms with van der Waals surface area (Å²) in [6.07, 6.45) is 6.84. The third-order valence-electron chi connectivity index (χ3n) is 2.99. The Kier molecular flexibility index (Phi) is 7.18. The number of unbranched alkanes of at least 4 members (excludes halogenated alkanes) is 2. The van der Waals surface area contributed by atoms with E-state index in [0.29, 0.717) is 12.2 Å². The minimum absolute atomic E-state index is 0.370. The Morgan fingerprint density at radius 1 is 1.25 bits per heavy atom. The molecule has 0 N–H and O–H groups in total. The summed E-state index contributed by atoms with van der Waals surface area (Å²) in [7, 11) is 6.00. The van der Waals surface area contributed by atoms with Crippen LogP contribution in [0.2, 0.25) is 3.93 Å². The Morgan fingerprint density at radius 2 is 1.94 bits per heavy atom. The summed E-state index contributed by atoms with van der Waals surface area (Å²) in [5.41, 5.74) is 0. The van der Waals surface area contributed by atoms with Gasteiger partial charge in [0, 0.05) is 0 Å². The van der Waals surface area contributed by atoms with Gasteiger partial charge in [0.1, 0.15) is 0 Å². The first-order valence-corrected chi connectivity index (χ1v) is 17.1. The Morgan fingerprint density at radius 3 is 2.56 bits per heavy atom. The van der Waals surface area contributed by atoms with Crippen LogP contribution < -0.4 is 0 Å². The van der Waals surface area contributed by atoms with Crippen molar-refractivity contribution in [3.63, 3.8) is 0 Å². The molecule has 92 valence electrons. The molecule has 2 atom stereocenters. The van der Waals surface area contributed by atoms with Crippen LogP contribution >= 0.6 is 8.25 Å². The van der Waals surface area contributed by atoms with E-state index >= 15 is 0 Å². The fourth-order valence-electron chi connectivity index (χ4n) is 2.32. The second kappa shape index (κ2) is 7.55. The number of ether oxygens (including phenoxy) is 2. The van der Waals surface area contributed by atoms with Gasteiger partial charge >= 0.3 is 116 Å². The van der Waals surface area contributed by atoms with Crippen molar-refractivity contribution in [2.24, 2.45) is 0 Å². The molecule has 4 heteroatoms. The van der Waals surface area contributed by atoms with Gasteiger partial charge in [-0.25, -0.2) is 0 Å². The predicted octanol–water partition coefficient (Wildman–Crippen LogP) is 4.13. The summed E-state index contributed by atoms with van der Waals surface area (Å²) in [6.45, 7) is 6.29. The van der Waals surface area contributed by atoms with Crippen molar-refractivity contribution in [3.05, 3.63) is 0 Å². The molecule has 1 aliphatic rings. The monoisotopic (exact) mass is 436 g/mol. The normalized spacial score (nSPS) is 28.8. The van der Waals surface area contributed by atoms with E-state index in [0.717, 1.165) is 10.4 Å². The Labute approximate surface area is 115 Å². The SMILES string of the molecule is CCCCC[C@@H]1C[C@H]([CH2][Hg][Cl])OC(C)(C)O1. The summed E-state index contributed by atoms with van der Waals surface area (Å²) >= 11 is -1.10. The van der Waals surface area contributed by atoms with Crippen LogP contribution in [0, 0.1) is 0 Å². The van der Waals surface area contributed by atoms with Gasteiger partial charge in [-0.2, -0.15) is 0 Å². The van der Waals surface area contributed by atoms with Crippen molar-refractivity contribution < 1.29 is 32.8 Å². The molecule has 1 aliphatic heterocycles. The molecule has 0 saturated carbocycles.